The number of likely N-dealkylation sites (tertiary alicyclic amines) is 1. The summed E-state index contributed by atoms with van der Waals surface area (Å²) < 4.78 is 27.6. The number of rotatable bonds is 6. The summed E-state index contributed by atoms with van der Waals surface area (Å²) in [5.74, 6) is -0.199. The molecule has 2 aliphatic heterocycles. The molecule has 2 fully saturated rings. The summed E-state index contributed by atoms with van der Waals surface area (Å²) in [5.41, 5.74) is 4.07. The van der Waals surface area contributed by atoms with Crippen LogP contribution in [0.2, 0.25) is 0 Å². The van der Waals surface area contributed by atoms with Crippen LogP contribution in [0.15, 0.2) is 47.4 Å². The molecule has 0 atom stereocenters. The van der Waals surface area contributed by atoms with Gasteiger partial charge in [-0.15, -0.1) is 0 Å². The zero-order valence-corrected chi connectivity index (χ0v) is 20.5. The maximum Gasteiger partial charge on any atom is 0.243 e. The predicted octanol–water partition coefficient (Wildman–Crippen LogP) is 4.33. The number of sulfonamides is 1. The number of aryl methyl sites for hydroxylation is 2. The van der Waals surface area contributed by atoms with E-state index in [1.165, 1.54) is 29.1 Å². The van der Waals surface area contributed by atoms with E-state index in [1.54, 1.807) is 12.1 Å². The van der Waals surface area contributed by atoms with E-state index in [1.807, 2.05) is 32.0 Å². The number of nitrogens with zero attached hydrogens (tertiary/aromatic N) is 2. The smallest absolute Gasteiger partial charge is 0.243 e. The highest BCUT2D eigenvalue weighted by Gasteiger charge is 2.32. The van der Waals surface area contributed by atoms with Crippen molar-refractivity contribution in [3.05, 3.63) is 59.2 Å². The molecule has 4 rings (SSSR count). The van der Waals surface area contributed by atoms with E-state index in [2.05, 4.69) is 22.3 Å². The minimum atomic E-state index is -3.53. The summed E-state index contributed by atoms with van der Waals surface area (Å²) in [7, 11) is -3.53. The molecule has 178 valence electrons. The van der Waals surface area contributed by atoms with Crippen molar-refractivity contribution in [1.82, 2.24) is 9.21 Å². The van der Waals surface area contributed by atoms with Crippen molar-refractivity contribution in [1.29, 1.82) is 0 Å². The first-order chi connectivity index (χ1) is 15.8. The molecule has 6 nitrogen and oxygen atoms in total. The van der Waals surface area contributed by atoms with Crippen molar-refractivity contribution < 1.29 is 13.2 Å². The van der Waals surface area contributed by atoms with Gasteiger partial charge >= 0.3 is 0 Å². The summed E-state index contributed by atoms with van der Waals surface area (Å²) in [5, 5.41) is 3.06. The van der Waals surface area contributed by atoms with Crippen molar-refractivity contribution in [2.75, 3.05) is 31.5 Å². The number of carbonyl (C=O) groups excluding carboxylic acids is 1. The maximum atomic E-state index is 13.0. The molecular weight excluding hydrogens is 434 g/mol. The lowest BCUT2D eigenvalue weighted by Gasteiger charge is -2.30. The summed E-state index contributed by atoms with van der Waals surface area (Å²) >= 11 is 0. The van der Waals surface area contributed by atoms with Crippen LogP contribution in [-0.2, 0) is 21.4 Å². The lowest BCUT2D eigenvalue weighted by Crippen LogP contribution is -2.41. The molecule has 33 heavy (non-hydrogen) atoms. The first kappa shape index (κ1) is 23.9. The molecule has 2 saturated heterocycles. The van der Waals surface area contributed by atoms with E-state index in [-0.39, 0.29) is 11.8 Å². The van der Waals surface area contributed by atoms with Gasteiger partial charge in [0, 0.05) is 31.2 Å². The van der Waals surface area contributed by atoms with Gasteiger partial charge in [0.2, 0.25) is 15.9 Å². The molecule has 2 aromatic rings. The minimum Gasteiger partial charge on any atom is -0.326 e. The van der Waals surface area contributed by atoms with E-state index in [0.29, 0.717) is 30.8 Å². The average Bonchev–Trinajstić information content (AvgIpc) is 2.82. The van der Waals surface area contributed by atoms with Gasteiger partial charge in [0.25, 0.3) is 0 Å². The maximum absolute atomic E-state index is 13.0. The number of hydrogen-bond acceptors (Lipinski definition) is 4. The van der Waals surface area contributed by atoms with Gasteiger partial charge in [-0.1, -0.05) is 24.6 Å². The molecular formula is C26H35N3O3S. The number of amides is 1. The van der Waals surface area contributed by atoms with E-state index in [4.69, 9.17) is 0 Å². The van der Waals surface area contributed by atoms with E-state index in [0.717, 1.165) is 36.4 Å². The first-order valence-electron chi connectivity index (χ1n) is 12.0. The van der Waals surface area contributed by atoms with Crippen LogP contribution in [0, 0.1) is 19.8 Å². The lowest BCUT2D eigenvalue weighted by atomic mass is 9.97. The van der Waals surface area contributed by atoms with Crippen molar-refractivity contribution in [3.8, 4) is 0 Å². The van der Waals surface area contributed by atoms with E-state index < -0.39 is 10.0 Å². The number of piperidine rings is 2. The third kappa shape index (κ3) is 5.83. The van der Waals surface area contributed by atoms with E-state index >= 15 is 0 Å². The van der Waals surface area contributed by atoms with Gasteiger partial charge < -0.3 is 5.32 Å². The molecule has 1 N–H and O–H groups in total. The van der Waals surface area contributed by atoms with Gasteiger partial charge in [-0.2, -0.15) is 4.31 Å². The summed E-state index contributed by atoms with van der Waals surface area (Å²) in [6.45, 7) is 7.81. The molecule has 0 radical (unpaired) electrons. The van der Waals surface area contributed by atoms with Crippen LogP contribution >= 0.6 is 0 Å². The SMILES string of the molecule is Cc1ccc(S(=O)(=O)N2CCC(C(=O)Nc3cccc(CN4CCCCC4)c3)CC2)cc1C. The van der Waals surface area contributed by atoms with Gasteiger partial charge in [-0.05, 0) is 93.6 Å². The Balaban J connectivity index is 1.33. The van der Waals surface area contributed by atoms with Crippen LogP contribution < -0.4 is 5.32 Å². The molecule has 2 aromatic carbocycles. The third-order valence-corrected chi connectivity index (χ3v) is 8.88. The van der Waals surface area contributed by atoms with Crippen molar-refractivity contribution in [2.45, 2.75) is 57.4 Å². The van der Waals surface area contributed by atoms with Crippen LogP contribution in [-0.4, -0.2) is 49.7 Å². The van der Waals surface area contributed by atoms with Crippen LogP contribution in [0.25, 0.3) is 0 Å². The fourth-order valence-electron chi connectivity index (χ4n) is 4.75. The number of hydrogen-bond donors (Lipinski definition) is 1. The molecule has 0 aromatic heterocycles. The fraction of sp³-hybridized carbons (Fsp3) is 0.500. The second-order valence-electron chi connectivity index (χ2n) is 9.45. The van der Waals surface area contributed by atoms with Crippen LogP contribution in [0.1, 0.15) is 48.8 Å². The standard InChI is InChI=1S/C26H35N3O3S/c1-20-9-10-25(17-21(20)2)33(31,32)29-15-11-23(12-16-29)26(30)27-24-8-6-7-22(18-24)19-28-13-4-3-5-14-28/h6-10,17-18,23H,3-5,11-16,19H2,1-2H3,(H,27,30). The molecule has 7 heteroatoms. The number of benzene rings is 2. The molecule has 0 unspecified atom stereocenters. The lowest BCUT2D eigenvalue weighted by molar-refractivity contribution is -0.120. The number of anilines is 1. The van der Waals surface area contributed by atoms with Gasteiger partial charge in [0.05, 0.1) is 4.90 Å². The highest BCUT2D eigenvalue weighted by molar-refractivity contribution is 7.89. The Morgan fingerprint density at radius 2 is 1.67 bits per heavy atom. The van der Waals surface area contributed by atoms with Gasteiger partial charge in [-0.3, -0.25) is 9.69 Å². The Kier molecular flexibility index (Phi) is 7.51. The molecule has 2 heterocycles. The van der Waals surface area contributed by atoms with Crippen LogP contribution in [0.5, 0.6) is 0 Å². The Bertz CT molecular complexity index is 1090. The Morgan fingerprint density at radius 3 is 2.36 bits per heavy atom. The predicted molar refractivity (Wildman–Crippen MR) is 132 cm³/mol. The van der Waals surface area contributed by atoms with Gasteiger partial charge in [0.1, 0.15) is 0 Å². The average molecular weight is 470 g/mol. The number of carbonyl (C=O) groups is 1. The van der Waals surface area contributed by atoms with Gasteiger partial charge in [0.15, 0.2) is 0 Å². The van der Waals surface area contributed by atoms with Crippen molar-refractivity contribution in [3.63, 3.8) is 0 Å². The molecule has 0 aliphatic carbocycles. The summed E-state index contributed by atoms with van der Waals surface area (Å²) in [6.07, 6.45) is 4.90. The quantitative estimate of drug-likeness (QED) is 0.684. The monoisotopic (exact) mass is 469 g/mol. The normalized spacial score (nSPS) is 18.8. The zero-order valence-electron chi connectivity index (χ0n) is 19.7. The Labute approximate surface area is 198 Å². The van der Waals surface area contributed by atoms with Gasteiger partial charge in [-0.25, -0.2) is 8.42 Å². The van der Waals surface area contributed by atoms with Crippen molar-refractivity contribution >= 4 is 21.6 Å². The first-order valence-corrected chi connectivity index (χ1v) is 13.5. The molecule has 0 spiro atoms. The Morgan fingerprint density at radius 1 is 0.939 bits per heavy atom. The molecule has 2 aliphatic rings. The van der Waals surface area contributed by atoms with Crippen LogP contribution in [0.3, 0.4) is 0 Å². The van der Waals surface area contributed by atoms with E-state index in [9.17, 15) is 13.2 Å². The molecule has 0 saturated carbocycles. The second kappa shape index (κ2) is 10.4. The fourth-order valence-corrected chi connectivity index (χ4v) is 6.30. The topological polar surface area (TPSA) is 69.7 Å². The summed E-state index contributed by atoms with van der Waals surface area (Å²) in [6, 6.07) is 13.4. The number of nitrogens with one attached hydrogen (secondary N) is 1. The largest absolute Gasteiger partial charge is 0.326 e. The highest BCUT2D eigenvalue weighted by Crippen LogP contribution is 2.26. The van der Waals surface area contributed by atoms with Crippen LogP contribution in [0.4, 0.5) is 5.69 Å². The molecule has 1 amide bonds. The Hall–Kier alpha value is -2.22. The molecule has 0 bridgehead atoms. The summed E-state index contributed by atoms with van der Waals surface area (Å²) in [4.78, 5) is 15.7. The highest BCUT2D eigenvalue weighted by atomic mass is 32.2. The van der Waals surface area contributed by atoms with Crippen molar-refractivity contribution in [2.24, 2.45) is 5.92 Å². The zero-order chi connectivity index (χ0) is 23.4. The third-order valence-electron chi connectivity index (χ3n) is 6.99. The second-order valence-corrected chi connectivity index (χ2v) is 11.4. The minimum absolute atomic E-state index is 0.0200.